The average Bonchev–Trinajstić information content (AvgIpc) is 4.24. The van der Waals surface area contributed by atoms with Gasteiger partial charge in [0.2, 0.25) is 10.6 Å². The lowest BCUT2D eigenvalue weighted by atomic mass is 9.84. The van der Waals surface area contributed by atoms with Gasteiger partial charge in [0.1, 0.15) is 24.4 Å². The van der Waals surface area contributed by atoms with Crippen LogP contribution in [-0.4, -0.2) is 196 Å². The molecular weight excluding hydrogens is 1090 g/mol. The zero-order valence-corrected chi connectivity index (χ0v) is 44.7. The molecule has 6 heterocycles. The Morgan fingerprint density at radius 2 is 1.18 bits per heavy atom. The minimum Gasteiger partial charge on any atom is -0.388 e. The number of halogens is 2. The van der Waals surface area contributed by atoms with E-state index in [2.05, 4.69) is 52.7 Å². The van der Waals surface area contributed by atoms with Gasteiger partial charge in [-0.15, -0.1) is 0 Å². The number of rotatable bonds is 29. The summed E-state index contributed by atoms with van der Waals surface area (Å²) in [4.78, 5) is 65.3. The summed E-state index contributed by atoms with van der Waals surface area (Å²) in [5.41, 5.74) is 2.51. The first-order chi connectivity index (χ1) is 36.5. The number of ether oxygens (including phenoxy) is 8. The standard InChI is InChI=1S/C45H64Cl2N10O17P2/c1-67-13-14-68-15-16-69-17-18-70-19-20-71-23-31(51-39-33-41(55-45(47)53-39)56(24-49-33)42-35(59)34(58)29(72-42)11-21-75(61,62)63)74-37-30(12-22-76(64,65)66)73-43(36(37)60)57-25-48-32-38(52-44(46)54-40(32)57)50-28-9-7-27(8-10-28)26-5-3-2-4-6-26/h7-10,24-26,29-31,34-37,42-43,58-60H,2-6,11-23H2,1H3,(H,50,52,54)(H,51,53,55)(H2,61,62,63)(H2,64,65,66)/t29-,30-,31?,34?,35?,36?,37?,42-,43-/m1/s1. The monoisotopic (exact) mass is 1150 g/mol. The molecule has 4 aromatic heterocycles. The van der Waals surface area contributed by atoms with E-state index in [0.717, 1.165) is 18.5 Å². The molecule has 1 aromatic carbocycles. The van der Waals surface area contributed by atoms with Crippen LogP contribution in [0.15, 0.2) is 36.9 Å². The van der Waals surface area contributed by atoms with E-state index in [1.165, 1.54) is 46.6 Å². The summed E-state index contributed by atoms with van der Waals surface area (Å²) in [6.07, 6.45) is -5.41. The van der Waals surface area contributed by atoms with Gasteiger partial charge in [-0.3, -0.25) is 18.3 Å². The number of nitrogens with one attached hydrogen (secondary N) is 2. The van der Waals surface area contributed by atoms with Crippen LogP contribution in [0.1, 0.15) is 68.9 Å². The number of benzene rings is 1. The molecule has 2 aliphatic heterocycles. The molecule has 3 fully saturated rings. The normalized spacial score (nSPS) is 24.0. The molecule has 0 bridgehead atoms. The molecule has 0 spiro atoms. The van der Waals surface area contributed by atoms with Gasteiger partial charge in [-0.1, -0.05) is 31.4 Å². The Kier molecular flexibility index (Phi) is 20.8. The van der Waals surface area contributed by atoms with Gasteiger partial charge in [0.25, 0.3) is 0 Å². The Morgan fingerprint density at radius 1 is 0.671 bits per heavy atom. The van der Waals surface area contributed by atoms with Crippen molar-refractivity contribution in [3.63, 3.8) is 0 Å². The molecule has 31 heteroatoms. The number of hydrogen-bond acceptors (Lipinski definition) is 21. The third-order valence-electron chi connectivity index (χ3n) is 13.1. The zero-order valence-electron chi connectivity index (χ0n) is 41.4. The molecule has 5 unspecified atom stereocenters. The first-order valence-corrected chi connectivity index (χ1v) is 29.1. The summed E-state index contributed by atoms with van der Waals surface area (Å²) in [6.45, 7) is 2.12. The van der Waals surface area contributed by atoms with Gasteiger partial charge in [0.15, 0.2) is 52.6 Å². The second kappa shape index (κ2) is 27.0. The molecule has 9 N–H and O–H groups in total. The van der Waals surface area contributed by atoms with E-state index in [4.69, 9.17) is 61.1 Å². The van der Waals surface area contributed by atoms with E-state index in [0.29, 0.717) is 39.0 Å². The highest BCUT2D eigenvalue weighted by Gasteiger charge is 2.48. The van der Waals surface area contributed by atoms with Crippen molar-refractivity contribution >= 4 is 78.0 Å². The summed E-state index contributed by atoms with van der Waals surface area (Å²) >= 11 is 13.0. The fourth-order valence-corrected chi connectivity index (χ4v) is 10.8. The largest absolute Gasteiger partial charge is 0.388 e. The van der Waals surface area contributed by atoms with Crippen LogP contribution in [0.3, 0.4) is 0 Å². The Balaban J connectivity index is 1.02. The molecule has 8 rings (SSSR count). The minimum atomic E-state index is -4.62. The van der Waals surface area contributed by atoms with Crippen molar-refractivity contribution in [2.24, 2.45) is 0 Å². The fourth-order valence-electron chi connectivity index (χ4n) is 9.34. The van der Waals surface area contributed by atoms with Crippen molar-refractivity contribution in [3.8, 4) is 0 Å². The number of imidazole rings is 2. The highest BCUT2D eigenvalue weighted by atomic mass is 35.5. The second-order valence-corrected chi connectivity index (χ2v) is 22.7. The van der Waals surface area contributed by atoms with Crippen molar-refractivity contribution in [1.29, 1.82) is 0 Å². The Bertz CT molecular complexity index is 2750. The van der Waals surface area contributed by atoms with Gasteiger partial charge < -0.3 is 83.4 Å². The Hall–Kier alpha value is -3.64. The molecule has 1 saturated carbocycles. The summed E-state index contributed by atoms with van der Waals surface area (Å²) in [6, 6.07) is 8.11. The van der Waals surface area contributed by atoms with Crippen molar-refractivity contribution in [2.75, 3.05) is 89.5 Å². The first-order valence-electron chi connectivity index (χ1n) is 24.8. The highest BCUT2D eigenvalue weighted by molar-refractivity contribution is 7.52. The molecule has 27 nitrogen and oxygen atoms in total. The van der Waals surface area contributed by atoms with E-state index in [1.807, 2.05) is 12.1 Å². The maximum atomic E-state index is 12.3. The van der Waals surface area contributed by atoms with Gasteiger partial charge in [0, 0.05) is 12.8 Å². The van der Waals surface area contributed by atoms with Gasteiger partial charge >= 0.3 is 15.2 Å². The summed E-state index contributed by atoms with van der Waals surface area (Å²) in [5.74, 6) is 0.748. The van der Waals surface area contributed by atoms with Gasteiger partial charge in [-0.25, -0.2) is 9.97 Å². The number of hydrogen-bond donors (Lipinski definition) is 9. The molecule has 76 heavy (non-hydrogen) atoms. The predicted octanol–water partition coefficient (Wildman–Crippen LogP) is 3.61. The molecule has 9 atom stereocenters. The van der Waals surface area contributed by atoms with Crippen molar-refractivity contribution in [3.05, 3.63) is 53.1 Å². The lowest BCUT2D eigenvalue weighted by molar-refractivity contribution is -0.0968. The number of aliphatic hydroxyl groups is 3. The van der Waals surface area contributed by atoms with Crippen LogP contribution in [0.25, 0.3) is 22.3 Å². The third-order valence-corrected chi connectivity index (χ3v) is 15.1. The lowest BCUT2D eigenvalue weighted by Crippen LogP contribution is -2.42. The number of aromatic nitrogens is 8. The number of nitrogens with zero attached hydrogens (tertiary/aromatic N) is 8. The summed E-state index contributed by atoms with van der Waals surface area (Å²) in [5, 5.41) is 39.9. The number of aliphatic hydroxyl groups excluding tert-OH is 3. The van der Waals surface area contributed by atoms with Gasteiger partial charge in [-0.2, -0.15) is 19.9 Å². The molecular formula is C45H64Cl2N10O17P2. The van der Waals surface area contributed by atoms with Crippen LogP contribution >= 0.6 is 38.4 Å². The van der Waals surface area contributed by atoms with Crippen LogP contribution in [-0.2, 0) is 47.0 Å². The van der Waals surface area contributed by atoms with Crippen LogP contribution in [0, 0.1) is 0 Å². The molecule has 1 aliphatic carbocycles. The maximum absolute atomic E-state index is 12.3. The maximum Gasteiger partial charge on any atom is 0.325 e. The first kappa shape index (κ1) is 58.5. The molecule has 5 aromatic rings. The van der Waals surface area contributed by atoms with Crippen LogP contribution in [0.4, 0.5) is 17.3 Å². The van der Waals surface area contributed by atoms with E-state index < -0.39 is 82.8 Å². The van der Waals surface area contributed by atoms with Gasteiger partial charge in [-0.05, 0) is 72.5 Å². The van der Waals surface area contributed by atoms with Crippen LogP contribution < -0.4 is 10.6 Å². The topological polar surface area (TPSA) is 361 Å². The molecule has 3 aliphatic rings. The predicted molar refractivity (Wildman–Crippen MR) is 273 cm³/mol. The number of methoxy groups -OCH3 is 1. The SMILES string of the molecule is COCCOCCOCCOCCOCC(Nc1nc(Cl)nc2c1ncn2[C@@H]1O[C@H](CCP(=O)(O)O)C(O)C1O)OC1C(O)[C@H](n2cnc3c(Nc4ccc(C5CCCCC5)cc4)nc(Cl)nc32)O[C@@H]1CCP(=O)(O)O. The van der Waals surface area contributed by atoms with E-state index >= 15 is 0 Å². The smallest absolute Gasteiger partial charge is 0.325 e. The Morgan fingerprint density at radius 3 is 1.76 bits per heavy atom. The number of anilines is 3. The molecule has 2 saturated heterocycles. The quantitative estimate of drug-likeness (QED) is 0.0143. The van der Waals surface area contributed by atoms with E-state index in [1.54, 1.807) is 7.11 Å². The minimum absolute atomic E-state index is 0.00740. The lowest BCUT2D eigenvalue weighted by Gasteiger charge is -2.28. The second-order valence-electron chi connectivity index (χ2n) is 18.5. The summed E-state index contributed by atoms with van der Waals surface area (Å²) < 4.78 is 73.0. The molecule has 420 valence electrons. The average molecular weight is 1150 g/mol. The molecule has 0 amide bonds. The third kappa shape index (κ3) is 15.6. The van der Waals surface area contributed by atoms with Gasteiger partial charge in [0.05, 0.1) is 96.6 Å². The van der Waals surface area contributed by atoms with Crippen LogP contribution in [0.2, 0.25) is 10.6 Å². The number of fused-ring (bicyclic) bond motifs is 2. The van der Waals surface area contributed by atoms with E-state index in [-0.39, 0.29) is 83.8 Å². The summed E-state index contributed by atoms with van der Waals surface area (Å²) in [7, 11) is -7.49. The molecule has 0 radical (unpaired) electrons. The van der Waals surface area contributed by atoms with E-state index in [9.17, 15) is 44.0 Å². The van der Waals surface area contributed by atoms with Crippen molar-refractivity contribution in [2.45, 2.75) is 106 Å². The Labute approximate surface area is 446 Å². The van der Waals surface area contributed by atoms with Crippen molar-refractivity contribution < 1.29 is 81.9 Å². The fraction of sp³-hybridized carbons (Fsp3) is 0.644. The van der Waals surface area contributed by atoms with Crippen LogP contribution in [0.5, 0.6) is 0 Å². The zero-order chi connectivity index (χ0) is 54.0. The highest BCUT2D eigenvalue weighted by Crippen LogP contribution is 2.43. The van der Waals surface area contributed by atoms with Crippen molar-refractivity contribution in [1.82, 2.24) is 39.0 Å².